The van der Waals surface area contributed by atoms with Gasteiger partial charge in [0.2, 0.25) is 0 Å². The zero-order valence-corrected chi connectivity index (χ0v) is 46.6. The van der Waals surface area contributed by atoms with Gasteiger partial charge in [-0.05, 0) is 38.5 Å². The Labute approximate surface area is 448 Å². The smallest absolute Gasteiger partial charge is 0.306 e. The van der Waals surface area contributed by atoms with Gasteiger partial charge in [0.1, 0.15) is 55.4 Å². The van der Waals surface area contributed by atoms with Crippen LogP contribution in [0, 0.1) is 0 Å². The van der Waals surface area contributed by atoms with Crippen LogP contribution in [0.4, 0.5) is 0 Å². The van der Waals surface area contributed by atoms with E-state index in [2.05, 4.69) is 26.0 Å². The van der Waals surface area contributed by atoms with Crippen LogP contribution in [0.5, 0.6) is 0 Å². The monoisotopic (exact) mass is 1060 g/mol. The van der Waals surface area contributed by atoms with E-state index in [1.54, 1.807) is 0 Å². The molecule has 0 amide bonds. The van der Waals surface area contributed by atoms with Gasteiger partial charge in [-0.3, -0.25) is 9.59 Å². The summed E-state index contributed by atoms with van der Waals surface area (Å²) in [6, 6.07) is 0. The van der Waals surface area contributed by atoms with Crippen LogP contribution in [0.1, 0.15) is 258 Å². The molecule has 0 bridgehead atoms. The van der Waals surface area contributed by atoms with Crippen LogP contribution in [-0.2, 0) is 38.0 Å². The number of hydrogen-bond donors (Lipinski definition) is 7. The summed E-state index contributed by atoms with van der Waals surface area (Å²) in [6.45, 7) is 2.64. The Kier molecular flexibility index (Phi) is 42.7. The average molecular weight is 1060 g/mol. The summed E-state index contributed by atoms with van der Waals surface area (Å²) < 4.78 is 33.7. The fraction of sp³-hybridized carbons (Fsp3) is 0.932. The number of unbranched alkanes of at least 4 members (excludes halogenated alkanes) is 33. The van der Waals surface area contributed by atoms with Crippen LogP contribution >= 0.6 is 0 Å². The summed E-state index contributed by atoms with van der Waals surface area (Å²) in [6.07, 6.45) is 32.3. The molecule has 0 saturated carbocycles. The minimum absolute atomic E-state index is 0.171. The van der Waals surface area contributed by atoms with Crippen molar-refractivity contribution in [3.8, 4) is 0 Å². The third-order valence-corrected chi connectivity index (χ3v) is 14.7. The van der Waals surface area contributed by atoms with Crippen LogP contribution in [0.15, 0.2) is 12.2 Å². The Morgan fingerprint density at radius 3 is 1.19 bits per heavy atom. The first kappa shape index (κ1) is 68.3. The molecule has 0 aromatic carbocycles. The second-order valence-corrected chi connectivity index (χ2v) is 21.5. The van der Waals surface area contributed by atoms with E-state index in [9.17, 15) is 45.3 Å². The van der Waals surface area contributed by atoms with E-state index in [4.69, 9.17) is 28.4 Å². The van der Waals surface area contributed by atoms with E-state index in [-0.39, 0.29) is 26.1 Å². The van der Waals surface area contributed by atoms with Crippen LogP contribution < -0.4 is 0 Å². The Hall–Kier alpha value is -1.76. The zero-order chi connectivity index (χ0) is 53.9. The Bertz CT molecular complexity index is 1340. The highest BCUT2D eigenvalue weighted by molar-refractivity contribution is 5.70. The van der Waals surface area contributed by atoms with Gasteiger partial charge in [-0.1, -0.05) is 219 Å². The summed E-state index contributed by atoms with van der Waals surface area (Å²) in [7, 11) is 0. The predicted molar refractivity (Wildman–Crippen MR) is 289 cm³/mol. The normalized spacial score (nSPS) is 24.7. The fourth-order valence-corrected chi connectivity index (χ4v) is 9.80. The molecule has 2 aliphatic rings. The van der Waals surface area contributed by atoms with Crippen molar-refractivity contribution in [1.29, 1.82) is 0 Å². The van der Waals surface area contributed by atoms with E-state index < -0.39 is 92.7 Å². The SMILES string of the molecule is CCCCCCCC/C=C/CCCCCCCCCC(=O)OC[C@H](CO[C@H]1O[C@@H](CO[C@H]2O[C@@H](CO)[C@@H](O)C(O)C2O)[C@@H](O)C(O)C1O)OC(=O)CCCCCCCCCCCCCCCCCCCCCCC. The van der Waals surface area contributed by atoms with Gasteiger partial charge >= 0.3 is 11.9 Å². The molecule has 2 heterocycles. The number of esters is 2. The number of aliphatic hydroxyl groups is 7. The summed E-state index contributed by atoms with van der Waals surface area (Å²) in [5.41, 5.74) is 0. The lowest BCUT2D eigenvalue weighted by Crippen LogP contribution is -2.61. The molecule has 0 aliphatic carbocycles. The van der Waals surface area contributed by atoms with Crippen molar-refractivity contribution in [3.63, 3.8) is 0 Å². The molecule has 2 fully saturated rings. The summed E-state index contributed by atoms with van der Waals surface area (Å²) in [5, 5.41) is 72.3. The van der Waals surface area contributed by atoms with Crippen molar-refractivity contribution < 1.29 is 73.8 Å². The van der Waals surface area contributed by atoms with E-state index in [1.807, 2.05) is 0 Å². The number of rotatable bonds is 49. The molecule has 15 heteroatoms. The van der Waals surface area contributed by atoms with Crippen molar-refractivity contribution in [1.82, 2.24) is 0 Å². The molecule has 11 atom stereocenters. The van der Waals surface area contributed by atoms with Gasteiger partial charge < -0.3 is 64.2 Å². The molecule has 0 radical (unpaired) electrons. The first-order chi connectivity index (χ1) is 36.0. The zero-order valence-electron chi connectivity index (χ0n) is 46.6. The van der Waals surface area contributed by atoms with Gasteiger partial charge in [-0.2, -0.15) is 0 Å². The minimum Gasteiger partial charge on any atom is -0.462 e. The first-order valence-corrected chi connectivity index (χ1v) is 30.3. The van der Waals surface area contributed by atoms with Crippen LogP contribution in [0.25, 0.3) is 0 Å². The molecule has 15 nitrogen and oxygen atoms in total. The second-order valence-electron chi connectivity index (χ2n) is 21.5. The van der Waals surface area contributed by atoms with E-state index >= 15 is 0 Å². The first-order valence-electron chi connectivity index (χ1n) is 30.3. The third-order valence-electron chi connectivity index (χ3n) is 14.7. The summed E-state index contributed by atoms with van der Waals surface area (Å²) in [5.74, 6) is -0.913. The van der Waals surface area contributed by atoms with Crippen LogP contribution in [-0.4, -0.2) is 142 Å². The number of hydrogen-bond acceptors (Lipinski definition) is 15. The van der Waals surface area contributed by atoms with Crippen molar-refractivity contribution in [2.75, 3.05) is 26.4 Å². The molecule has 0 aromatic heterocycles. The second kappa shape index (κ2) is 46.2. The highest BCUT2D eigenvalue weighted by Crippen LogP contribution is 2.27. The van der Waals surface area contributed by atoms with Crippen molar-refractivity contribution >= 4 is 11.9 Å². The van der Waals surface area contributed by atoms with Crippen molar-refractivity contribution in [2.45, 2.75) is 325 Å². The lowest BCUT2D eigenvalue weighted by molar-refractivity contribution is -0.332. The minimum atomic E-state index is -1.76. The predicted octanol–water partition coefficient (Wildman–Crippen LogP) is 10.5. The molecule has 2 aliphatic heterocycles. The highest BCUT2D eigenvalue weighted by Gasteiger charge is 2.47. The molecule has 4 unspecified atom stereocenters. The van der Waals surface area contributed by atoms with E-state index in [1.165, 1.54) is 173 Å². The van der Waals surface area contributed by atoms with E-state index in [0.29, 0.717) is 12.8 Å². The molecular weight excluding hydrogens is 949 g/mol. The third kappa shape index (κ3) is 32.9. The fourth-order valence-electron chi connectivity index (χ4n) is 9.80. The molecule has 74 heavy (non-hydrogen) atoms. The average Bonchev–Trinajstić information content (AvgIpc) is 3.39. The molecule has 2 rings (SSSR count). The topological polar surface area (TPSA) is 231 Å². The number of allylic oxidation sites excluding steroid dienone is 2. The molecule has 0 aromatic rings. The van der Waals surface area contributed by atoms with Crippen LogP contribution in [0.3, 0.4) is 0 Å². The van der Waals surface area contributed by atoms with Gasteiger partial charge in [0.25, 0.3) is 0 Å². The molecule has 0 spiro atoms. The van der Waals surface area contributed by atoms with Gasteiger partial charge in [-0.25, -0.2) is 0 Å². The molecule has 2 saturated heterocycles. The maximum atomic E-state index is 13.1. The number of carbonyl (C=O) groups excluding carboxylic acids is 2. The Morgan fingerprint density at radius 1 is 0.419 bits per heavy atom. The summed E-state index contributed by atoms with van der Waals surface area (Å²) >= 11 is 0. The maximum Gasteiger partial charge on any atom is 0.306 e. The summed E-state index contributed by atoms with van der Waals surface area (Å²) in [4.78, 5) is 25.9. The number of carbonyl (C=O) groups is 2. The van der Waals surface area contributed by atoms with Gasteiger partial charge in [-0.15, -0.1) is 0 Å². The quantitative estimate of drug-likeness (QED) is 0.0171. The maximum absolute atomic E-state index is 13.1. The van der Waals surface area contributed by atoms with Gasteiger partial charge in [0.05, 0.1) is 19.8 Å². The lowest BCUT2D eigenvalue weighted by atomic mass is 9.98. The molecule has 7 N–H and O–H groups in total. The number of ether oxygens (including phenoxy) is 6. The van der Waals surface area contributed by atoms with Crippen molar-refractivity contribution in [3.05, 3.63) is 12.2 Å². The lowest BCUT2D eigenvalue weighted by Gasteiger charge is -2.42. The highest BCUT2D eigenvalue weighted by atomic mass is 16.7. The number of aliphatic hydroxyl groups excluding tert-OH is 7. The van der Waals surface area contributed by atoms with Crippen LogP contribution in [0.2, 0.25) is 0 Å². The van der Waals surface area contributed by atoms with Crippen molar-refractivity contribution in [2.24, 2.45) is 0 Å². The Morgan fingerprint density at radius 2 is 0.770 bits per heavy atom. The van der Waals surface area contributed by atoms with Gasteiger partial charge in [0, 0.05) is 12.8 Å². The largest absolute Gasteiger partial charge is 0.462 e. The van der Waals surface area contributed by atoms with E-state index in [0.717, 1.165) is 44.9 Å². The molecular formula is C59H110O15. The standard InChI is InChI=1S/C59H110O15/c1-3-5-7-9-11-13-15-17-19-21-22-23-24-26-28-30-32-34-36-38-40-42-51(62)72-47(44-69-50(61)41-39-37-35-33-31-29-27-25-20-18-16-14-12-10-8-6-4-2)45-70-58-57(68)55(66)53(64)49(74-58)46-71-59-56(67)54(65)52(63)48(43-60)73-59/h18,20,47-49,52-60,63-68H,3-17,19,21-46H2,1-2H3/b20-18+/t47-,48+,49+,52-,53-,54?,55?,56?,57?,58+,59+/m1/s1. The molecule has 436 valence electrons. The Balaban J connectivity index is 1.73. The van der Waals surface area contributed by atoms with Gasteiger partial charge in [0.15, 0.2) is 18.7 Å².